The highest BCUT2D eigenvalue weighted by molar-refractivity contribution is 6.13. The van der Waals surface area contributed by atoms with E-state index in [2.05, 4.69) is 10.4 Å². The number of nitro benzene ring substituents is 1. The lowest BCUT2D eigenvalue weighted by molar-refractivity contribution is -0.384. The van der Waals surface area contributed by atoms with Crippen molar-refractivity contribution in [1.82, 2.24) is 14.8 Å². The molecule has 5 rings (SSSR count). The van der Waals surface area contributed by atoms with Crippen LogP contribution >= 0.6 is 0 Å². The van der Waals surface area contributed by atoms with E-state index in [1.54, 1.807) is 37.4 Å². The maximum Gasteiger partial charge on any atom is 0.275 e. The molecular formula is C29H25N5O5. The SMILES string of the molecule is CCn1cc(-c2cc(C(=O)Nc3cc(Oc4ccc(OC)cc4)cc([N+](=O)[O-])c3)c3ccccc3n2)c(C)n1. The first-order valence-corrected chi connectivity index (χ1v) is 12.2. The second kappa shape index (κ2) is 10.6. The molecule has 2 heterocycles. The number of nitrogens with zero attached hydrogens (tertiary/aromatic N) is 4. The minimum absolute atomic E-state index is 0.201. The number of aromatic nitrogens is 3. The molecule has 0 aliphatic heterocycles. The molecule has 0 radical (unpaired) electrons. The van der Waals surface area contributed by atoms with Gasteiger partial charge in [0, 0.05) is 35.8 Å². The van der Waals surface area contributed by atoms with Crippen molar-refractivity contribution in [2.45, 2.75) is 20.4 Å². The molecule has 39 heavy (non-hydrogen) atoms. The number of pyridine rings is 1. The van der Waals surface area contributed by atoms with Crippen molar-refractivity contribution in [1.29, 1.82) is 0 Å². The molecule has 0 atom stereocenters. The quantitative estimate of drug-likeness (QED) is 0.185. The first-order chi connectivity index (χ1) is 18.8. The first kappa shape index (κ1) is 25.4. The highest BCUT2D eigenvalue weighted by Crippen LogP contribution is 2.32. The van der Waals surface area contributed by atoms with E-state index < -0.39 is 10.8 Å². The van der Waals surface area contributed by atoms with Gasteiger partial charge in [-0.2, -0.15) is 5.10 Å². The maximum atomic E-state index is 13.6. The van der Waals surface area contributed by atoms with Crippen LogP contribution in [0.1, 0.15) is 23.0 Å². The molecule has 2 aromatic heterocycles. The van der Waals surface area contributed by atoms with Crippen LogP contribution < -0.4 is 14.8 Å². The molecule has 5 aromatic rings. The molecule has 0 spiro atoms. The van der Waals surface area contributed by atoms with E-state index in [0.29, 0.717) is 40.2 Å². The van der Waals surface area contributed by atoms with Crippen molar-refractivity contribution in [3.8, 4) is 28.5 Å². The van der Waals surface area contributed by atoms with Crippen LogP contribution in [0.4, 0.5) is 11.4 Å². The molecule has 196 valence electrons. The summed E-state index contributed by atoms with van der Waals surface area (Å²) in [4.78, 5) is 29.5. The van der Waals surface area contributed by atoms with Crippen molar-refractivity contribution in [2.75, 3.05) is 12.4 Å². The molecule has 0 bridgehead atoms. The normalized spacial score (nSPS) is 10.8. The summed E-state index contributed by atoms with van der Waals surface area (Å²) in [6.07, 6.45) is 1.90. The maximum absolute atomic E-state index is 13.6. The monoisotopic (exact) mass is 523 g/mol. The second-order valence-electron chi connectivity index (χ2n) is 8.76. The van der Waals surface area contributed by atoms with E-state index in [4.69, 9.17) is 14.5 Å². The highest BCUT2D eigenvalue weighted by Gasteiger charge is 2.19. The van der Waals surface area contributed by atoms with Gasteiger partial charge in [0.1, 0.15) is 17.2 Å². The van der Waals surface area contributed by atoms with E-state index in [1.165, 1.54) is 18.2 Å². The molecular weight excluding hydrogens is 498 g/mol. The van der Waals surface area contributed by atoms with E-state index >= 15 is 0 Å². The minimum atomic E-state index is -0.537. The molecule has 0 saturated carbocycles. The summed E-state index contributed by atoms with van der Waals surface area (Å²) < 4.78 is 12.8. The zero-order chi connectivity index (χ0) is 27.5. The van der Waals surface area contributed by atoms with Gasteiger partial charge in [-0.05, 0) is 50.2 Å². The van der Waals surface area contributed by atoms with Crippen molar-refractivity contribution in [2.24, 2.45) is 0 Å². The number of methoxy groups -OCH3 is 1. The van der Waals surface area contributed by atoms with Crippen LogP contribution in [0.25, 0.3) is 22.2 Å². The van der Waals surface area contributed by atoms with Crippen molar-refractivity contribution >= 4 is 28.2 Å². The lowest BCUT2D eigenvalue weighted by Gasteiger charge is -2.12. The van der Waals surface area contributed by atoms with Crippen LogP contribution in [0.2, 0.25) is 0 Å². The number of benzene rings is 3. The van der Waals surface area contributed by atoms with Crippen molar-refractivity contribution in [3.05, 3.63) is 100 Å². The summed E-state index contributed by atoms with van der Waals surface area (Å²) in [6.45, 7) is 4.59. The van der Waals surface area contributed by atoms with E-state index in [0.717, 1.165) is 11.3 Å². The summed E-state index contributed by atoms with van der Waals surface area (Å²) in [6, 6.07) is 20.0. The van der Waals surface area contributed by atoms with Crippen molar-refractivity contribution in [3.63, 3.8) is 0 Å². The van der Waals surface area contributed by atoms with Gasteiger partial charge < -0.3 is 14.8 Å². The number of para-hydroxylation sites is 1. The average Bonchev–Trinajstić information content (AvgIpc) is 3.33. The molecule has 0 saturated heterocycles. The number of carbonyl (C=O) groups excluding carboxylic acids is 1. The second-order valence-corrected chi connectivity index (χ2v) is 8.76. The van der Waals surface area contributed by atoms with Crippen LogP contribution in [0.3, 0.4) is 0 Å². The molecule has 0 unspecified atom stereocenters. The van der Waals surface area contributed by atoms with Crippen molar-refractivity contribution < 1.29 is 19.2 Å². The Morgan fingerprint density at radius 2 is 1.77 bits per heavy atom. The van der Waals surface area contributed by atoms with Gasteiger partial charge in [0.05, 0.1) is 46.3 Å². The van der Waals surface area contributed by atoms with Gasteiger partial charge in [0.25, 0.3) is 11.6 Å². The van der Waals surface area contributed by atoms with Gasteiger partial charge in [0.2, 0.25) is 0 Å². The summed E-state index contributed by atoms with van der Waals surface area (Å²) in [5.41, 5.74) is 3.25. The number of anilines is 1. The van der Waals surface area contributed by atoms with Gasteiger partial charge in [-0.1, -0.05) is 18.2 Å². The number of carbonyl (C=O) groups is 1. The lowest BCUT2D eigenvalue weighted by atomic mass is 10.0. The summed E-state index contributed by atoms with van der Waals surface area (Å²) in [7, 11) is 1.56. The number of hydrogen-bond acceptors (Lipinski definition) is 7. The van der Waals surface area contributed by atoms with Gasteiger partial charge in [-0.3, -0.25) is 19.6 Å². The van der Waals surface area contributed by atoms with Crippen LogP contribution in [0, 0.1) is 17.0 Å². The summed E-state index contributed by atoms with van der Waals surface area (Å²) >= 11 is 0. The number of fused-ring (bicyclic) bond motifs is 1. The predicted molar refractivity (Wildman–Crippen MR) is 147 cm³/mol. The largest absolute Gasteiger partial charge is 0.497 e. The Morgan fingerprint density at radius 1 is 1.03 bits per heavy atom. The zero-order valence-corrected chi connectivity index (χ0v) is 21.5. The van der Waals surface area contributed by atoms with Crippen LogP contribution in [-0.2, 0) is 6.54 Å². The molecule has 1 amide bonds. The minimum Gasteiger partial charge on any atom is -0.497 e. The van der Waals surface area contributed by atoms with Gasteiger partial charge >= 0.3 is 0 Å². The van der Waals surface area contributed by atoms with E-state index in [-0.39, 0.29) is 17.1 Å². The molecule has 0 aliphatic carbocycles. The molecule has 3 aromatic carbocycles. The number of nitrogens with one attached hydrogen (secondary N) is 1. The van der Waals surface area contributed by atoms with Crippen LogP contribution in [0.15, 0.2) is 79.0 Å². The average molecular weight is 524 g/mol. The molecule has 1 N–H and O–H groups in total. The lowest BCUT2D eigenvalue weighted by Crippen LogP contribution is -2.13. The molecule has 0 aliphatic rings. The summed E-state index contributed by atoms with van der Waals surface area (Å²) in [5.74, 6) is 0.871. The molecule has 0 fully saturated rings. The Morgan fingerprint density at radius 3 is 2.46 bits per heavy atom. The Hall–Kier alpha value is -5.25. The van der Waals surface area contributed by atoms with Gasteiger partial charge in [0.15, 0.2) is 0 Å². The van der Waals surface area contributed by atoms with Gasteiger partial charge in [-0.25, -0.2) is 4.98 Å². The first-order valence-electron chi connectivity index (χ1n) is 12.2. The third-order valence-electron chi connectivity index (χ3n) is 6.16. The van der Waals surface area contributed by atoms with Gasteiger partial charge in [-0.15, -0.1) is 0 Å². The highest BCUT2D eigenvalue weighted by atomic mass is 16.6. The third kappa shape index (κ3) is 5.40. The van der Waals surface area contributed by atoms with Crippen LogP contribution in [0.5, 0.6) is 17.2 Å². The Bertz CT molecular complexity index is 1690. The summed E-state index contributed by atoms with van der Waals surface area (Å²) in [5, 5.41) is 19.6. The zero-order valence-electron chi connectivity index (χ0n) is 21.5. The number of amides is 1. The number of non-ortho nitro benzene ring substituents is 1. The Balaban J connectivity index is 1.51. The fourth-order valence-electron chi connectivity index (χ4n) is 4.23. The van der Waals surface area contributed by atoms with E-state index in [1.807, 2.05) is 49.0 Å². The third-order valence-corrected chi connectivity index (χ3v) is 6.16. The molecule has 10 nitrogen and oxygen atoms in total. The fourth-order valence-corrected chi connectivity index (χ4v) is 4.23. The Kier molecular flexibility index (Phi) is 6.92. The standard InChI is InChI=1S/C29H25N5O5/c1-4-33-17-26(18(2)32-33)28-16-25(24-7-5-6-8-27(24)31-28)29(35)30-19-13-20(34(36)37)15-23(14-19)39-22-11-9-21(38-3)10-12-22/h5-17H,4H2,1-3H3,(H,30,35). The van der Waals surface area contributed by atoms with Crippen LogP contribution in [-0.4, -0.2) is 32.7 Å². The number of aryl methyl sites for hydroxylation is 2. The number of nitro groups is 1. The topological polar surface area (TPSA) is 121 Å². The van der Waals surface area contributed by atoms with E-state index in [9.17, 15) is 14.9 Å². The number of ether oxygens (including phenoxy) is 2. The smallest absolute Gasteiger partial charge is 0.275 e. The number of hydrogen-bond donors (Lipinski definition) is 1. The predicted octanol–water partition coefficient (Wildman–Crippen LogP) is 6.39. The molecule has 10 heteroatoms. The Labute approximate surface area is 224 Å². The number of rotatable bonds is 8. The fraction of sp³-hybridized carbons (Fsp3) is 0.138.